The van der Waals surface area contributed by atoms with Gasteiger partial charge in [-0.3, -0.25) is 4.55 Å². The molecule has 0 spiro atoms. The Morgan fingerprint density at radius 3 is 2.31 bits per heavy atom. The van der Waals surface area contributed by atoms with Crippen molar-refractivity contribution in [3.63, 3.8) is 0 Å². The van der Waals surface area contributed by atoms with Crippen LogP contribution in [0.4, 0.5) is 0 Å². The van der Waals surface area contributed by atoms with Crippen LogP contribution < -0.4 is 4.57 Å². The molecule has 82 valence electrons. The molecule has 0 saturated heterocycles. The predicted octanol–water partition coefficient (Wildman–Crippen LogP) is 1.21. The summed E-state index contributed by atoms with van der Waals surface area (Å²) in [5, 5.41) is 0. The molecule has 5 heteroatoms. The molecule has 0 unspecified atom stereocenters. The van der Waals surface area contributed by atoms with Crippen molar-refractivity contribution in [2.75, 3.05) is 0 Å². The van der Waals surface area contributed by atoms with E-state index in [4.69, 9.17) is 4.55 Å². The van der Waals surface area contributed by atoms with Gasteiger partial charge in [-0.05, 0) is 6.07 Å². The van der Waals surface area contributed by atoms with Crippen molar-refractivity contribution in [2.24, 2.45) is 0 Å². The van der Waals surface area contributed by atoms with Crippen LogP contribution in [0, 0.1) is 0 Å². The molecule has 0 amide bonds. The van der Waals surface area contributed by atoms with Crippen molar-refractivity contribution >= 4 is 10.1 Å². The van der Waals surface area contributed by atoms with Gasteiger partial charge in [-0.15, -0.1) is 0 Å². The highest BCUT2D eigenvalue weighted by molar-refractivity contribution is 7.85. The minimum Gasteiger partial charge on any atom is -0.282 e. The molecule has 0 atom stereocenters. The molecule has 0 aliphatic heterocycles. The van der Waals surface area contributed by atoms with E-state index in [9.17, 15) is 8.42 Å². The summed E-state index contributed by atoms with van der Waals surface area (Å²) in [5.41, 5.74) is 0.677. The second-order valence-electron chi connectivity index (χ2n) is 3.26. The zero-order valence-corrected chi connectivity index (χ0v) is 9.13. The summed E-state index contributed by atoms with van der Waals surface area (Å²) in [6, 6.07) is 11.6. The van der Waals surface area contributed by atoms with E-state index in [1.165, 1.54) is 12.1 Å². The van der Waals surface area contributed by atoms with E-state index in [0.717, 1.165) is 0 Å². The lowest BCUT2D eigenvalue weighted by Crippen LogP contribution is -2.29. The Balaban J connectivity index is 2.53. The topological polar surface area (TPSA) is 58.3 Å². The molecule has 1 N–H and O–H groups in total. The lowest BCUT2D eigenvalue weighted by molar-refractivity contribution is -0.595. The largest absolute Gasteiger partial charge is 0.294 e. The number of pyridine rings is 1. The average Bonchev–Trinajstić information content (AvgIpc) is 2.29. The molecule has 1 heterocycles. The van der Waals surface area contributed by atoms with E-state index in [1.807, 2.05) is 18.2 Å². The Morgan fingerprint density at radius 1 is 1.00 bits per heavy atom. The first kappa shape index (κ1) is 10.8. The summed E-state index contributed by atoms with van der Waals surface area (Å²) >= 11 is 0. The van der Waals surface area contributed by atoms with Gasteiger partial charge in [0, 0.05) is 24.3 Å². The lowest BCUT2D eigenvalue weighted by atomic mass is 10.3. The van der Waals surface area contributed by atoms with Gasteiger partial charge in [0.05, 0.1) is 0 Å². The normalized spacial score (nSPS) is 11.3. The van der Waals surface area contributed by atoms with Crippen LogP contribution in [-0.2, 0) is 10.1 Å². The molecule has 0 aliphatic rings. The van der Waals surface area contributed by atoms with Crippen molar-refractivity contribution < 1.29 is 17.5 Å². The Labute approximate surface area is 93.5 Å². The van der Waals surface area contributed by atoms with Crippen LogP contribution in [0.1, 0.15) is 0 Å². The molecule has 0 aliphatic carbocycles. The van der Waals surface area contributed by atoms with Gasteiger partial charge in [-0.2, -0.15) is 13.0 Å². The average molecular weight is 236 g/mol. The first-order valence-corrected chi connectivity index (χ1v) is 6.05. The molecular weight excluding hydrogens is 226 g/mol. The number of benzene rings is 1. The number of nitrogens with zero attached hydrogens (tertiary/aromatic N) is 1. The monoisotopic (exact) mass is 236 g/mol. The minimum absolute atomic E-state index is 0.110. The molecule has 1 aromatic carbocycles. The fourth-order valence-corrected chi connectivity index (χ4v) is 1.90. The number of hydrogen-bond acceptors (Lipinski definition) is 2. The summed E-state index contributed by atoms with van der Waals surface area (Å²) < 4.78 is 32.6. The number of aromatic nitrogens is 1. The smallest absolute Gasteiger partial charge is 0.282 e. The molecule has 16 heavy (non-hydrogen) atoms. The number of rotatable bonds is 2. The summed E-state index contributed by atoms with van der Waals surface area (Å²) in [6.07, 6.45) is 3.59. The van der Waals surface area contributed by atoms with Gasteiger partial charge < -0.3 is 0 Å². The molecule has 0 saturated carbocycles. The van der Waals surface area contributed by atoms with Crippen LogP contribution in [0.25, 0.3) is 5.69 Å². The molecule has 0 fully saturated rings. The highest BCUT2D eigenvalue weighted by Gasteiger charge is 2.13. The van der Waals surface area contributed by atoms with Crippen LogP contribution in [-0.4, -0.2) is 13.0 Å². The minimum atomic E-state index is -4.15. The molecule has 0 radical (unpaired) electrons. The van der Waals surface area contributed by atoms with Crippen LogP contribution in [0.2, 0.25) is 0 Å². The van der Waals surface area contributed by atoms with Crippen LogP contribution in [0.5, 0.6) is 0 Å². The quantitative estimate of drug-likeness (QED) is 0.630. The van der Waals surface area contributed by atoms with Gasteiger partial charge in [-0.1, -0.05) is 12.1 Å². The number of hydrogen-bond donors (Lipinski definition) is 1. The van der Waals surface area contributed by atoms with E-state index < -0.39 is 10.1 Å². The molecule has 0 bridgehead atoms. The van der Waals surface area contributed by atoms with Crippen molar-refractivity contribution in [1.29, 1.82) is 0 Å². The van der Waals surface area contributed by atoms with E-state index in [1.54, 1.807) is 29.1 Å². The van der Waals surface area contributed by atoms with E-state index in [2.05, 4.69) is 0 Å². The third kappa shape index (κ3) is 2.26. The third-order valence-corrected chi connectivity index (χ3v) is 2.98. The van der Waals surface area contributed by atoms with Crippen LogP contribution in [0.3, 0.4) is 0 Å². The summed E-state index contributed by atoms with van der Waals surface area (Å²) in [5.74, 6) is 0. The van der Waals surface area contributed by atoms with Gasteiger partial charge in [0.2, 0.25) is 5.69 Å². The Bertz CT molecular complexity index is 594. The Morgan fingerprint density at radius 2 is 1.69 bits per heavy atom. The first-order chi connectivity index (χ1) is 7.57. The van der Waals surface area contributed by atoms with Gasteiger partial charge in [0.15, 0.2) is 12.4 Å². The highest BCUT2D eigenvalue weighted by Crippen LogP contribution is 2.10. The maximum absolute atomic E-state index is 11.0. The van der Waals surface area contributed by atoms with Crippen LogP contribution >= 0.6 is 0 Å². The second kappa shape index (κ2) is 4.03. The van der Waals surface area contributed by atoms with Gasteiger partial charge in [-0.25, -0.2) is 0 Å². The standard InChI is InChI=1S/C11H9NO3S/c13-16(14,15)11-6-4-5-10(9-11)12-7-2-1-3-8-12/h1-9H/p+1. The zero-order valence-electron chi connectivity index (χ0n) is 8.32. The van der Waals surface area contributed by atoms with Gasteiger partial charge in [0.1, 0.15) is 4.90 Å². The van der Waals surface area contributed by atoms with Crippen molar-refractivity contribution in [3.8, 4) is 5.69 Å². The first-order valence-electron chi connectivity index (χ1n) is 4.61. The van der Waals surface area contributed by atoms with E-state index in [-0.39, 0.29) is 4.90 Å². The van der Waals surface area contributed by atoms with Crippen molar-refractivity contribution in [2.45, 2.75) is 4.90 Å². The molecule has 1 aromatic heterocycles. The van der Waals surface area contributed by atoms with Crippen molar-refractivity contribution in [3.05, 3.63) is 54.9 Å². The maximum Gasteiger partial charge on any atom is 0.294 e. The van der Waals surface area contributed by atoms with Crippen LogP contribution in [0.15, 0.2) is 59.8 Å². The third-order valence-electron chi connectivity index (χ3n) is 2.13. The second-order valence-corrected chi connectivity index (χ2v) is 4.68. The fraction of sp³-hybridized carbons (Fsp3) is 0. The molecule has 2 rings (SSSR count). The van der Waals surface area contributed by atoms with E-state index in [0.29, 0.717) is 5.69 Å². The Hall–Kier alpha value is -1.72. The van der Waals surface area contributed by atoms with Gasteiger partial charge in [0.25, 0.3) is 10.1 Å². The summed E-state index contributed by atoms with van der Waals surface area (Å²) in [4.78, 5) is -0.110. The highest BCUT2D eigenvalue weighted by atomic mass is 32.2. The van der Waals surface area contributed by atoms with Crippen molar-refractivity contribution in [1.82, 2.24) is 0 Å². The summed E-state index contributed by atoms with van der Waals surface area (Å²) in [6.45, 7) is 0. The Kier molecular flexibility index (Phi) is 2.72. The van der Waals surface area contributed by atoms with Gasteiger partial charge >= 0.3 is 0 Å². The summed E-state index contributed by atoms with van der Waals surface area (Å²) in [7, 11) is -4.15. The fourth-order valence-electron chi connectivity index (χ4n) is 1.38. The lowest BCUT2D eigenvalue weighted by Gasteiger charge is -1.98. The molecule has 4 nitrogen and oxygen atoms in total. The predicted molar refractivity (Wildman–Crippen MR) is 57.8 cm³/mol. The maximum atomic E-state index is 11.0. The van der Waals surface area contributed by atoms with E-state index >= 15 is 0 Å². The SMILES string of the molecule is O=S(=O)(O)c1cccc(-[n+]2ccccc2)c1. The molecular formula is C11H10NO3S+. The molecule has 2 aromatic rings. The zero-order chi connectivity index (χ0) is 11.6.